The number of nitrogens with one attached hydrogen (secondary N) is 1. The van der Waals surface area contributed by atoms with Crippen LogP contribution in [0, 0.1) is 0 Å². The number of hydrogen-bond acceptors (Lipinski definition) is 3. The number of β-amino-alcohol motifs (C(OH)–C–C–N with tert-alkyl or cyclic N) is 1. The molecule has 0 spiro atoms. The van der Waals surface area contributed by atoms with Crippen LogP contribution in [0.25, 0.3) is 0 Å². The van der Waals surface area contributed by atoms with E-state index in [0.717, 1.165) is 13.1 Å². The summed E-state index contributed by atoms with van der Waals surface area (Å²) in [7, 11) is 2.01. The van der Waals surface area contributed by atoms with E-state index < -0.39 is 0 Å². The highest BCUT2D eigenvalue weighted by Crippen LogP contribution is 2.18. The Balaban J connectivity index is 2.37. The van der Waals surface area contributed by atoms with Crippen molar-refractivity contribution in [1.82, 2.24) is 10.2 Å². The van der Waals surface area contributed by atoms with Crippen LogP contribution >= 0.6 is 0 Å². The van der Waals surface area contributed by atoms with E-state index in [4.69, 9.17) is 5.11 Å². The molecule has 0 amide bonds. The molecule has 1 atom stereocenters. The summed E-state index contributed by atoms with van der Waals surface area (Å²) in [6, 6.07) is 0.692. The van der Waals surface area contributed by atoms with Gasteiger partial charge in [0, 0.05) is 12.6 Å². The lowest BCUT2D eigenvalue weighted by atomic mass is 10.1. The number of nitrogens with zero attached hydrogens (tertiary/aromatic N) is 1. The lowest BCUT2D eigenvalue weighted by Crippen LogP contribution is -2.38. The molecule has 84 valence electrons. The van der Waals surface area contributed by atoms with E-state index in [1.807, 2.05) is 7.05 Å². The Kier molecular flexibility index (Phi) is 6.15. The highest BCUT2D eigenvalue weighted by Gasteiger charge is 2.19. The molecule has 0 aromatic carbocycles. The molecule has 2 N–H and O–H groups in total. The van der Waals surface area contributed by atoms with Crippen molar-refractivity contribution in [1.29, 1.82) is 0 Å². The normalized spacial score (nSPS) is 24.9. The molecule has 1 saturated heterocycles. The Morgan fingerprint density at radius 3 is 2.93 bits per heavy atom. The van der Waals surface area contributed by atoms with Gasteiger partial charge < -0.3 is 10.4 Å². The van der Waals surface area contributed by atoms with Crippen LogP contribution in [0.2, 0.25) is 0 Å². The first-order valence-electron chi connectivity index (χ1n) is 5.88. The monoisotopic (exact) mass is 200 g/mol. The summed E-state index contributed by atoms with van der Waals surface area (Å²) in [5, 5.41) is 12.2. The molecule has 0 radical (unpaired) electrons. The van der Waals surface area contributed by atoms with Gasteiger partial charge in [0.05, 0.1) is 6.61 Å². The fraction of sp³-hybridized carbons (Fsp3) is 1.00. The molecular weight excluding hydrogens is 176 g/mol. The second-order valence-corrected chi connectivity index (χ2v) is 4.15. The van der Waals surface area contributed by atoms with Crippen LogP contribution in [0.15, 0.2) is 0 Å². The van der Waals surface area contributed by atoms with Crippen molar-refractivity contribution in [3.8, 4) is 0 Å². The zero-order valence-corrected chi connectivity index (χ0v) is 9.34. The van der Waals surface area contributed by atoms with Crippen LogP contribution in [-0.4, -0.2) is 49.3 Å². The molecule has 0 aromatic rings. The summed E-state index contributed by atoms with van der Waals surface area (Å²) >= 11 is 0. The smallest absolute Gasteiger partial charge is 0.0558 e. The summed E-state index contributed by atoms with van der Waals surface area (Å²) in [4.78, 5) is 2.46. The number of aliphatic hydroxyl groups excluding tert-OH is 1. The van der Waals surface area contributed by atoms with Gasteiger partial charge in [-0.2, -0.15) is 0 Å². The first-order chi connectivity index (χ1) is 6.88. The molecule has 0 aromatic heterocycles. The number of likely N-dealkylation sites (tertiary alicyclic amines) is 1. The van der Waals surface area contributed by atoms with E-state index in [1.54, 1.807) is 0 Å². The number of rotatable bonds is 5. The first-order valence-corrected chi connectivity index (χ1v) is 5.88. The summed E-state index contributed by atoms with van der Waals surface area (Å²) in [5.41, 5.74) is 0. The summed E-state index contributed by atoms with van der Waals surface area (Å²) in [6.07, 6.45) is 6.54. The van der Waals surface area contributed by atoms with Crippen LogP contribution in [-0.2, 0) is 0 Å². The van der Waals surface area contributed by atoms with Crippen LogP contribution in [0.1, 0.15) is 32.1 Å². The third-order valence-electron chi connectivity index (χ3n) is 3.11. The third kappa shape index (κ3) is 3.95. The standard InChI is InChI=1S/C11H24N2O/c1-12-7-6-11-5-3-2-4-8-13(11)9-10-14/h11-12,14H,2-10H2,1H3. The Hall–Kier alpha value is -0.120. The van der Waals surface area contributed by atoms with E-state index in [2.05, 4.69) is 10.2 Å². The molecule has 0 saturated carbocycles. The highest BCUT2D eigenvalue weighted by molar-refractivity contribution is 4.75. The van der Waals surface area contributed by atoms with Crippen molar-refractivity contribution in [3.63, 3.8) is 0 Å². The SMILES string of the molecule is CNCCC1CCCCCN1CCO. The molecule has 1 unspecified atom stereocenters. The molecule has 0 bridgehead atoms. The molecule has 1 rings (SSSR count). The summed E-state index contributed by atoms with van der Waals surface area (Å²) in [6.45, 7) is 3.42. The molecular formula is C11H24N2O. The Morgan fingerprint density at radius 2 is 2.21 bits per heavy atom. The van der Waals surface area contributed by atoms with Gasteiger partial charge in [0.1, 0.15) is 0 Å². The lowest BCUT2D eigenvalue weighted by Gasteiger charge is -2.29. The third-order valence-corrected chi connectivity index (χ3v) is 3.11. The van der Waals surface area contributed by atoms with E-state index in [9.17, 15) is 0 Å². The lowest BCUT2D eigenvalue weighted by molar-refractivity contribution is 0.147. The fourth-order valence-electron chi connectivity index (χ4n) is 2.30. The average Bonchev–Trinajstić information content (AvgIpc) is 2.41. The van der Waals surface area contributed by atoms with E-state index in [0.29, 0.717) is 12.6 Å². The fourth-order valence-corrected chi connectivity index (χ4v) is 2.30. The minimum absolute atomic E-state index is 0.302. The van der Waals surface area contributed by atoms with Gasteiger partial charge >= 0.3 is 0 Å². The van der Waals surface area contributed by atoms with Crippen molar-refractivity contribution in [3.05, 3.63) is 0 Å². The van der Waals surface area contributed by atoms with Crippen LogP contribution in [0.5, 0.6) is 0 Å². The summed E-state index contributed by atoms with van der Waals surface area (Å²) in [5.74, 6) is 0. The molecule has 3 heteroatoms. The second-order valence-electron chi connectivity index (χ2n) is 4.15. The molecule has 1 fully saturated rings. The zero-order chi connectivity index (χ0) is 10.2. The molecule has 1 heterocycles. The van der Waals surface area contributed by atoms with Crippen LogP contribution < -0.4 is 5.32 Å². The van der Waals surface area contributed by atoms with Gasteiger partial charge in [-0.1, -0.05) is 12.8 Å². The second kappa shape index (κ2) is 7.21. The number of aliphatic hydroxyl groups is 1. The predicted octanol–water partition coefficient (Wildman–Crippen LogP) is 0.833. The van der Waals surface area contributed by atoms with E-state index >= 15 is 0 Å². The maximum Gasteiger partial charge on any atom is 0.0558 e. The van der Waals surface area contributed by atoms with Crippen molar-refractivity contribution in [2.45, 2.75) is 38.1 Å². The van der Waals surface area contributed by atoms with Crippen LogP contribution in [0.3, 0.4) is 0 Å². The van der Waals surface area contributed by atoms with E-state index in [-0.39, 0.29) is 0 Å². The largest absolute Gasteiger partial charge is 0.395 e. The summed E-state index contributed by atoms with van der Waals surface area (Å²) < 4.78 is 0. The molecule has 3 nitrogen and oxygen atoms in total. The number of hydrogen-bond donors (Lipinski definition) is 2. The van der Waals surface area contributed by atoms with Crippen molar-refractivity contribution < 1.29 is 5.11 Å². The minimum atomic E-state index is 0.302. The molecule has 14 heavy (non-hydrogen) atoms. The average molecular weight is 200 g/mol. The maximum absolute atomic E-state index is 9.00. The van der Waals surface area contributed by atoms with Gasteiger partial charge in [-0.15, -0.1) is 0 Å². The zero-order valence-electron chi connectivity index (χ0n) is 9.34. The highest BCUT2D eigenvalue weighted by atomic mass is 16.3. The minimum Gasteiger partial charge on any atom is -0.395 e. The van der Waals surface area contributed by atoms with Crippen molar-refractivity contribution in [2.75, 3.05) is 33.3 Å². The van der Waals surface area contributed by atoms with Crippen molar-refractivity contribution >= 4 is 0 Å². The van der Waals surface area contributed by atoms with Gasteiger partial charge in [-0.25, -0.2) is 0 Å². The molecule has 0 aliphatic carbocycles. The van der Waals surface area contributed by atoms with Gasteiger partial charge in [-0.05, 0) is 39.4 Å². The van der Waals surface area contributed by atoms with Gasteiger partial charge in [-0.3, -0.25) is 4.90 Å². The van der Waals surface area contributed by atoms with Gasteiger partial charge in [0.2, 0.25) is 0 Å². The maximum atomic E-state index is 9.00. The predicted molar refractivity (Wildman–Crippen MR) is 59.5 cm³/mol. The molecule has 1 aliphatic rings. The Labute approximate surface area is 87.5 Å². The topological polar surface area (TPSA) is 35.5 Å². The quantitative estimate of drug-likeness (QED) is 0.690. The Bertz CT molecular complexity index is 141. The van der Waals surface area contributed by atoms with Crippen molar-refractivity contribution in [2.24, 2.45) is 0 Å². The van der Waals surface area contributed by atoms with Crippen LogP contribution in [0.4, 0.5) is 0 Å². The molecule has 1 aliphatic heterocycles. The van der Waals surface area contributed by atoms with E-state index in [1.165, 1.54) is 38.6 Å². The van der Waals surface area contributed by atoms with Gasteiger partial charge in [0.25, 0.3) is 0 Å². The Morgan fingerprint density at radius 1 is 1.36 bits per heavy atom. The van der Waals surface area contributed by atoms with Gasteiger partial charge in [0.15, 0.2) is 0 Å². The first kappa shape index (κ1) is 12.0.